The van der Waals surface area contributed by atoms with Gasteiger partial charge in [0.25, 0.3) is 0 Å². The van der Waals surface area contributed by atoms with Crippen LogP contribution in [0.25, 0.3) is 0 Å². The molecule has 1 atom stereocenters. The molecule has 0 spiro atoms. The monoisotopic (exact) mass is 218 g/mol. The predicted molar refractivity (Wildman–Crippen MR) is 51.1 cm³/mol. The van der Waals surface area contributed by atoms with Gasteiger partial charge in [0.15, 0.2) is 0 Å². The summed E-state index contributed by atoms with van der Waals surface area (Å²) >= 11 is 5.35. The fourth-order valence-corrected chi connectivity index (χ4v) is 1.16. The molecule has 0 bridgehead atoms. The molecule has 4 heteroatoms. The number of aliphatic hydroxyl groups is 1. The highest BCUT2D eigenvalue weighted by Gasteiger charge is 2.16. The molecule has 0 amide bonds. The maximum atomic E-state index is 13.2. The van der Waals surface area contributed by atoms with Gasteiger partial charge in [-0.25, -0.2) is 8.78 Å². The second kappa shape index (κ2) is 4.07. The first-order valence-electron chi connectivity index (χ1n) is 3.91. The van der Waals surface area contributed by atoms with Gasteiger partial charge in [-0.2, -0.15) is 0 Å². The van der Waals surface area contributed by atoms with E-state index in [2.05, 4.69) is 6.58 Å². The summed E-state index contributed by atoms with van der Waals surface area (Å²) in [6.45, 7) is 4.98. The van der Waals surface area contributed by atoms with Crippen LogP contribution in [0, 0.1) is 11.6 Å². The third kappa shape index (κ3) is 2.11. The van der Waals surface area contributed by atoms with Crippen LogP contribution in [0.1, 0.15) is 18.6 Å². The molecule has 1 aromatic carbocycles. The van der Waals surface area contributed by atoms with Crippen LogP contribution in [-0.4, -0.2) is 5.11 Å². The average molecular weight is 219 g/mol. The number of hydrogen-bond donors (Lipinski definition) is 1. The molecule has 1 aromatic rings. The predicted octanol–water partition coefficient (Wildman–Crippen LogP) is 3.23. The van der Waals surface area contributed by atoms with Gasteiger partial charge in [0, 0.05) is 5.56 Å². The first-order valence-corrected chi connectivity index (χ1v) is 4.29. The highest BCUT2D eigenvalue weighted by molar-refractivity contribution is 6.30. The lowest BCUT2D eigenvalue weighted by Gasteiger charge is -2.11. The smallest absolute Gasteiger partial charge is 0.142 e. The Morgan fingerprint density at radius 1 is 1.43 bits per heavy atom. The largest absolute Gasteiger partial charge is 0.384 e. The van der Waals surface area contributed by atoms with Crippen molar-refractivity contribution < 1.29 is 13.9 Å². The van der Waals surface area contributed by atoms with E-state index in [1.165, 1.54) is 6.92 Å². The zero-order valence-electron chi connectivity index (χ0n) is 7.52. The molecule has 0 aromatic heterocycles. The average Bonchev–Trinajstić information content (AvgIpc) is 2.10. The highest BCUT2D eigenvalue weighted by Crippen LogP contribution is 2.26. The van der Waals surface area contributed by atoms with Crippen molar-refractivity contribution in [3.63, 3.8) is 0 Å². The Hall–Kier alpha value is -0.930. The Morgan fingerprint density at radius 2 is 2.00 bits per heavy atom. The van der Waals surface area contributed by atoms with Gasteiger partial charge in [0.2, 0.25) is 0 Å². The number of benzene rings is 1. The summed E-state index contributed by atoms with van der Waals surface area (Å²) in [5.41, 5.74) is 0.185. The Morgan fingerprint density at radius 3 is 2.50 bits per heavy atom. The number of rotatable bonds is 2. The van der Waals surface area contributed by atoms with Crippen molar-refractivity contribution in [1.82, 2.24) is 0 Å². The molecule has 0 fully saturated rings. The summed E-state index contributed by atoms with van der Waals surface area (Å²) in [6, 6.07) is 1.70. The Labute approximate surface area is 85.6 Å². The maximum Gasteiger partial charge on any atom is 0.142 e. The van der Waals surface area contributed by atoms with E-state index in [0.717, 1.165) is 12.1 Å². The zero-order chi connectivity index (χ0) is 10.9. The van der Waals surface area contributed by atoms with Crippen molar-refractivity contribution in [3.8, 4) is 0 Å². The van der Waals surface area contributed by atoms with Gasteiger partial charge in [-0.1, -0.05) is 18.2 Å². The molecular weight excluding hydrogens is 210 g/mol. The normalized spacial score (nSPS) is 12.6. The van der Waals surface area contributed by atoms with E-state index in [1.54, 1.807) is 0 Å². The quantitative estimate of drug-likeness (QED) is 0.597. The van der Waals surface area contributed by atoms with E-state index in [4.69, 9.17) is 11.6 Å². The van der Waals surface area contributed by atoms with Gasteiger partial charge >= 0.3 is 0 Å². The lowest BCUT2D eigenvalue weighted by Crippen LogP contribution is -2.02. The van der Waals surface area contributed by atoms with E-state index >= 15 is 0 Å². The van der Waals surface area contributed by atoms with Gasteiger partial charge < -0.3 is 5.11 Å². The third-order valence-electron chi connectivity index (χ3n) is 1.80. The van der Waals surface area contributed by atoms with Crippen molar-refractivity contribution in [1.29, 1.82) is 0 Å². The Bertz CT molecular complexity index is 377. The third-order valence-corrected chi connectivity index (χ3v) is 2.09. The van der Waals surface area contributed by atoms with Gasteiger partial charge in [-0.3, -0.25) is 0 Å². The Kier molecular flexibility index (Phi) is 3.24. The van der Waals surface area contributed by atoms with Crippen molar-refractivity contribution in [2.75, 3.05) is 0 Å². The zero-order valence-corrected chi connectivity index (χ0v) is 8.28. The minimum atomic E-state index is -1.21. The second-order valence-electron chi connectivity index (χ2n) is 3.04. The molecule has 1 rings (SSSR count). The molecule has 0 heterocycles. The fourth-order valence-electron chi connectivity index (χ4n) is 1.01. The van der Waals surface area contributed by atoms with Gasteiger partial charge in [0.05, 0.1) is 5.02 Å². The second-order valence-corrected chi connectivity index (χ2v) is 3.44. The fraction of sp³-hybridized carbons (Fsp3) is 0.200. The van der Waals surface area contributed by atoms with Gasteiger partial charge in [-0.05, 0) is 24.6 Å². The minimum absolute atomic E-state index is 0.153. The molecule has 0 saturated heterocycles. The maximum absolute atomic E-state index is 13.2. The van der Waals surface area contributed by atoms with Crippen LogP contribution in [0.2, 0.25) is 5.02 Å². The molecule has 1 unspecified atom stereocenters. The van der Waals surface area contributed by atoms with Gasteiger partial charge in [0.1, 0.15) is 17.7 Å². The summed E-state index contributed by atoms with van der Waals surface area (Å²) in [5.74, 6) is -1.50. The van der Waals surface area contributed by atoms with Crippen molar-refractivity contribution in [2.45, 2.75) is 13.0 Å². The van der Waals surface area contributed by atoms with Crippen molar-refractivity contribution >= 4 is 11.6 Å². The number of halogens is 3. The Balaban J connectivity index is 3.22. The molecule has 0 aliphatic carbocycles. The summed E-state index contributed by atoms with van der Waals surface area (Å²) < 4.78 is 26.1. The van der Waals surface area contributed by atoms with Crippen molar-refractivity contribution in [2.24, 2.45) is 0 Å². The summed E-state index contributed by atoms with van der Waals surface area (Å²) in [7, 11) is 0. The van der Waals surface area contributed by atoms with Crippen LogP contribution in [0.5, 0.6) is 0 Å². The van der Waals surface area contributed by atoms with E-state index in [-0.39, 0.29) is 10.6 Å². The van der Waals surface area contributed by atoms with Crippen LogP contribution >= 0.6 is 11.6 Å². The SMILES string of the molecule is C=C(C)C(O)c1cc(F)c(Cl)cc1F. The van der Waals surface area contributed by atoms with Crippen LogP contribution in [0.15, 0.2) is 24.3 Å². The van der Waals surface area contributed by atoms with Crippen molar-refractivity contribution in [3.05, 3.63) is 46.5 Å². The minimum Gasteiger partial charge on any atom is -0.384 e. The summed E-state index contributed by atoms with van der Waals surface area (Å²) in [4.78, 5) is 0. The van der Waals surface area contributed by atoms with E-state index in [1.807, 2.05) is 0 Å². The van der Waals surface area contributed by atoms with Crippen LogP contribution in [0.3, 0.4) is 0 Å². The molecule has 1 nitrogen and oxygen atoms in total. The molecular formula is C10H9ClF2O. The molecule has 76 valence electrons. The summed E-state index contributed by atoms with van der Waals surface area (Å²) in [6.07, 6.45) is -1.21. The first kappa shape index (κ1) is 11.1. The standard InChI is InChI=1S/C10H9ClF2O/c1-5(2)10(14)6-3-9(13)7(11)4-8(6)12/h3-4,10,14H,1H2,2H3. The van der Waals surface area contributed by atoms with Crippen LogP contribution in [0.4, 0.5) is 8.78 Å². The topological polar surface area (TPSA) is 20.2 Å². The van der Waals surface area contributed by atoms with Crippen LogP contribution in [-0.2, 0) is 0 Å². The molecule has 0 aliphatic rings. The lowest BCUT2D eigenvalue weighted by atomic mass is 10.0. The highest BCUT2D eigenvalue weighted by atomic mass is 35.5. The molecule has 0 aliphatic heterocycles. The van der Waals surface area contributed by atoms with Crippen LogP contribution < -0.4 is 0 Å². The summed E-state index contributed by atoms with van der Waals surface area (Å²) in [5, 5.41) is 9.14. The molecule has 1 N–H and O–H groups in total. The first-order chi connectivity index (χ1) is 6.43. The van der Waals surface area contributed by atoms with E-state index < -0.39 is 17.7 Å². The van der Waals surface area contributed by atoms with Gasteiger partial charge in [-0.15, -0.1) is 0 Å². The lowest BCUT2D eigenvalue weighted by molar-refractivity contribution is 0.210. The molecule has 0 saturated carbocycles. The van der Waals surface area contributed by atoms with E-state index in [0.29, 0.717) is 5.57 Å². The number of hydrogen-bond acceptors (Lipinski definition) is 1. The molecule has 14 heavy (non-hydrogen) atoms. The molecule has 0 radical (unpaired) electrons. The number of aliphatic hydroxyl groups excluding tert-OH is 1. The van der Waals surface area contributed by atoms with E-state index in [9.17, 15) is 13.9 Å².